The molecule has 2 aromatic rings. The van der Waals surface area contributed by atoms with Crippen LogP contribution in [0.5, 0.6) is 0 Å². The average Bonchev–Trinajstić information content (AvgIpc) is 2.56. The van der Waals surface area contributed by atoms with Gasteiger partial charge < -0.3 is 5.73 Å². The number of halogens is 1. The number of hydrogen-bond donors (Lipinski definition) is 1. The SMILES string of the molecule is Cc1nn(Cc2cc(F)cc(CN)c2)c(C)c1C. The predicted octanol–water partition coefficient (Wildman–Crippen LogP) is 2.45. The van der Waals surface area contributed by atoms with Crippen molar-refractivity contribution in [2.45, 2.75) is 33.9 Å². The molecule has 2 rings (SSSR count). The van der Waals surface area contributed by atoms with Gasteiger partial charge in [-0.3, -0.25) is 4.68 Å². The fourth-order valence-electron chi connectivity index (χ4n) is 2.04. The van der Waals surface area contributed by atoms with E-state index in [0.29, 0.717) is 13.1 Å². The van der Waals surface area contributed by atoms with Gasteiger partial charge in [0.1, 0.15) is 5.82 Å². The normalized spacial score (nSPS) is 10.9. The molecule has 96 valence electrons. The van der Waals surface area contributed by atoms with Gasteiger partial charge in [-0.2, -0.15) is 5.10 Å². The van der Waals surface area contributed by atoms with E-state index >= 15 is 0 Å². The molecule has 0 saturated carbocycles. The molecular formula is C14H18FN3. The first-order chi connectivity index (χ1) is 8.51. The van der Waals surface area contributed by atoms with Crippen molar-refractivity contribution in [2.75, 3.05) is 0 Å². The van der Waals surface area contributed by atoms with E-state index < -0.39 is 0 Å². The zero-order chi connectivity index (χ0) is 13.3. The summed E-state index contributed by atoms with van der Waals surface area (Å²) in [6, 6.07) is 4.93. The molecule has 0 aliphatic heterocycles. The van der Waals surface area contributed by atoms with E-state index in [4.69, 9.17) is 5.73 Å². The Labute approximate surface area is 106 Å². The second-order valence-corrected chi connectivity index (χ2v) is 4.63. The Bertz CT molecular complexity index is 573. The lowest BCUT2D eigenvalue weighted by atomic mass is 10.1. The topological polar surface area (TPSA) is 43.8 Å². The smallest absolute Gasteiger partial charge is 0.123 e. The highest BCUT2D eigenvalue weighted by Crippen LogP contribution is 2.15. The maximum Gasteiger partial charge on any atom is 0.123 e. The van der Waals surface area contributed by atoms with E-state index in [9.17, 15) is 4.39 Å². The summed E-state index contributed by atoms with van der Waals surface area (Å²) < 4.78 is 15.3. The zero-order valence-electron chi connectivity index (χ0n) is 11.0. The standard InChI is InChI=1S/C14H18FN3/c1-9-10(2)17-18(11(9)3)8-13-4-12(7-16)5-14(15)6-13/h4-6H,7-8,16H2,1-3H3. The molecule has 1 aromatic heterocycles. The minimum absolute atomic E-state index is 0.244. The molecule has 0 amide bonds. The molecule has 1 aromatic carbocycles. The van der Waals surface area contributed by atoms with E-state index in [1.807, 2.05) is 31.5 Å². The Morgan fingerprint density at radius 3 is 2.39 bits per heavy atom. The highest BCUT2D eigenvalue weighted by atomic mass is 19.1. The van der Waals surface area contributed by atoms with Crippen molar-refractivity contribution in [2.24, 2.45) is 5.73 Å². The highest BCUT2D eigenvalue weighted by molar-refractivity contribution is 5.27. The Morgan fingerprint density at radius 2 is 1.83 bits per heavy atom. The molecule has 18 heavy (non-hydrogen) atoms. The van der Waals surface area contributed by atoms with Crippen LogP contribution in [0.15, 0.2) is 18.2 Å². The van der Waals surface area contributed by atoms with Gasteiger partial charge in [-0.15, -0.1) is 0 Å². The molecule has 3 nitrogen and oxygen atoms in total. The van der Waals surface area contributed by atoms with Gasteiger partial charge >= 0.3 is 0 Å². The number of nitrogens with two attached hydrogens (primary N) is 1. The average molecular weight is 247 g/mol. The van der Waals surface area contributed by atoms with Crippen molar-refractivity contribution in [1.82, 2.24) is 9.78 Å². The van der Waals surface area contributed by atoms with Crippen LogP contribution in [0, 0.1) is 26.6 Å². The molecule has 0 aliphatic carbocycles. The number of aryl methyl sites for hydroxylation is 1. The summed E-state index contributed by atoms with van der Waals surface area (Å²) in [4.78, 5) is 0. The second-order valence-electron chi connectivity index (χ2n) is 4.63. The van der Waals surface area contributed by atoms with Gasteiger partial charge in [-0.05, 0) is 49.6 Å². The third kappa shape index (κ3) is 2.43. The summed E-state index contributed by atoms with van der Waals surface area (Å²) in [5, 5.41) is 4.45. The minimum atomic E-state index is -0.244. The highest BCUT2D eigenvalue weighted by Gasteiger charge is 2.08. The first-order valence-corrected chi connectivity index (χ1v) is 6.00. The molecule has 2 N–H and O–H groups in total. The Morgan fingerprint density at radius 1 is 1.17 bits per heavy atom. The third-order valence-electron chi connectivity index (χ3n) is 3.33. The zero-order valence-corrected chi connectivity index (χ0v) is 11.0. The van der Waals surface area contributed by atoms with Crippen LogP contribution in [-0.2, 0) is 13.1 Å². The molecule has 0 bridgehead atoms. The van der Waals surface area contributed by atoms with Crippen LogP contribution < -0.4 is 5.73 Å². The van der Waals surface area contributed by atoms with Crippen LogP contribution in [0.3, 0.4) is 0 Å². The molecule has 1 heterocycles. The van der Waals surface area contributed by atoms with E-state index in [0.717, 1.165) is 22.5 Å². The van der Waals surface area contributed by atoms with E-state index in [2.05, 4.69) is 5.10 Å². The molecule has 0 radical (unpaired) electrons. The quantitative estimate of drug-likeness (QED) is 0.905. The van der Waals surface area contributed by atoms with Crippen LogP contribution in [-0.4, -0.2) is 9.78 Å². The number of benzene rings is 1. The molecule has 0 fully saturated rings. The maximum absolute atomic E-state index is 13.4. The molecule has 0 saturated heterocycles. The first kappa shape index (κ1) is 12.8. The van der Waals surface area contributed by atoms with E-state index in [1.54, 1.807) is 0 Å². The fraction of sp³-hybridized carbons (Fsp3) is 0.357. The summed E-state index contributed by atoms with van der Waals surface area (Å²) in [6.07, 6.45) is 0. The summed E-state index contributed by atoms with van der Waals surface area (Å²) in [6.45, 7) is 6.98. The van der Waals surface area contributed by atoms with Crippen molar-refractivity contribution in [3.8, 4) is 0 Å². The van der Waals surface area contributed by atoms with Crippen molar-refractivity contribution >= 4 is 0 Å². The molecular weight excluding hydrogens is 229 g/mol. The molecule has 0 atom stereocenters. The fourth-order valence-corrected chi connectivity index (χ4v) is 2.04. The molecule has 0 unspecified atom stereocenters. The predicted molar refractivity (Wildman–Crippen MR) is 69.8 cm³/mol. The van der Waals surface area contributed by atoms with Gasteiger partial charge in [-0.25, -0.2) is 4.39 Å². The molecule has 0 spiro atoms. The van der Waals surface area contributed by atoms with Crippen molar-refractivity contribution in [1.29, 1.82) is 0 Å². The maximum atomic E-state index is 13.4. The summed E-state index contributed by atoms with van der Waals surface area (Å²) in [5.74, 6) is -0.244. The Kier molecular flexibility index (Phi) is 3.48. The molecule has 4 heteroatoms. The van der Waals surface area contributed by atoms with Gasteiger partial charge in [0.25, 0.3) is 0 Å². The van der Waals surface area contributed by atoms with Crippen molar-refractivity contribution in [3.05, 3.63) is 52.1 Å². The van der Waals surface area contributed by atoms with Gasteiger partial charge in [0, 0.05) is 12.2 Å². The number of hydrogen-bond acceptors (Lipinski definition) is 2. The van der Waals surface area contributed by atoms with E-state index in [1.165, 1.54) is 17.7 Å². The van der Waals surface area contributed by atoms with E-state index in [-0.39, 0.29) is 5.82 Å². The van der Waals surface area contributed by atoms with Gasteiger partial charge in [0.05, 0.1) is 12.2 Å². The summed E-state index contributed by atoms with van der Waals surface area (Å²) >= 11 is 0. The second kappa shape index (κ2) is 4.90. The van der Waals surface area contributed by atoms with Crippen LogP contribution >= 0.6 is 0 Å². The van der Waals surface area contributed by atoms with Gasteiger partial charge in [0.15, 0.2) is 0 Å². The van der Waals surface area contributed by atoms with Crippen LogP contribution in [0.1, 0.15) is 28.1 Å². The van der Waals surface area contributed by atoms with Crippen molar-refractivity contribution < 1.29 is 4.39 Å². The summed E-state index contributed by atoms with van der Waals surface area (Å²) in [5.41, 5.74) is 10.6. The largest absolute Gasteiger partial charge is 0.326 e. The lowest BCUT2D eigenvalue weighted by Crippen LogP contribution is -2.06. The third-order valence-corrected chi connectivity index (χ3v) is 3.33. The van der Waals surface area contributed by atoms with Crippen LogP contribution in [0.2, 0.25) is 0 Å². The molecule has 0 aliphatic rings. The lowest BCUT2D eigenvalue weighted by molar-refractivity contribution is 0.613. The minimum Gasteiger partial charge on any atom is -0.326 e. The Balaban J connectivity index is 2.33. The van der Waals surface area contributed by atoms with Crippen molar-refractivity contribution in [3.63, 3.8) is 0 Å². The number of nitrogens with zero attached hydrogens (tertiary/aromatic N) is 2. The van der Waals surface area contributed by atoms with Gasteiger partial charge in [0.2, 0.25) is 0 Å². The van der Waals surface area contributed by atoms with Gasteiger partial charge in [-0.1, -0.05) is 6.07 Å². The Hall–Kier alpha value is -1.68. The lowest BCUT2D eigenvalue weighted by Gasteiger charge is -2.07. The van der Waals surface area contributed by atoms with Crippen LogP contribution in [0.4, 0.5) is 4.39 Å². The number of rotatable bonds is 3. The first-order valence-electron chi connectivity index (χ1n) is 6.00. The summed E-state index contributed by atoms with van der Waals surface area (Å²) in [7, 11) is 0. The number of aromatic nitrogens is 2. The monoisotopic (exact) mass is 247 g/mol. The van der Waals surface area contributed by atoms with Crippen LogP contribution in [0.25, 0.3) is 0 Å².